The summed E-state index contributed by atoms with van der Waals surface area (Å²) in [5.41, 5.74) is 3.03. The molecule has 0 aliphatic carbocycles. The van der Waals surface area contributed by atoms with E-state index in [4.69, 9.17) is 4.74 Å². The highest BCUT2D eigenvalue weighted by Crippen LogP contribution is 2.41. The number of nitrogens with zero attached hydrogens (tertiary/aromatic N) is 1. The minimum atomic E-state index is -0.707. The number of carbonyl (C=O) groups excluding carboxylic acids is 2. The van der Waals surface area contributed by atoms with Crippen LogP contribution in [-0.2, 0) is 16.1 Å². The Morgan fingerprint density at radius 3 is 2.39 bits per heavy atom. The number of amides is 1. The van der Waals surface area contributed by atoms with Gasteiger partial charge < -0.3 is 19.7 Å². The molecule has 0 saturated carbocycles. The molecule has 1 fully saturated rings. The normalized spacial score (nSPS) is 17.6. The van der Waals surface area contributed by atoms with Gasteiger partial charge in [0.05, 0.1) is 18.7 Å². The van der Waals surface area contributed by atoms with Gasteiger partial charge in [-0.15, -0.1) is 0 Å². The quantitative estimate of drug-likeness (QED) is 0.266. The summed E-state index contributed by atoms with van der Waals surface area (Å²) >= 11 is 0. The van der Waals surface area contributed by atoms with Gasteiger partial charge in [-0.2, -0.15) is 0 Å². The molecule has 1 aliphatic heterocycles. The van der Waals surface area contributed by atoms with E-state index in [-0.39, 0.29) is 17.9 Å². The minimum Gasteiger partial charge on any atom is -0.507 e. The van der Waals surface area contributed by atoms with E-state index in [1.807, 2.05) is 78.9 Å². The number of para-hydroxylation sites is 1. The molecule has 0 bridgehead atoms. The smallest absolute Gasteiger partial charge is 0.295 e. The van der Waals surface area contributed by atoms with Crippen molar-refractivity contribution in [3.63, 3.8) is 0 Å². The second-order valence-corrected chi connectivity index (χ2v) is 7.93. The van der Waals surface area contributed by atoms with Crippen LogP contribution in [0.15, 0.2) is 90.6 Å². The molecule has 6 nitrogen and oxygen atoms in total. The van der Waals surface area contributed by atoms with E-state index >= 15 is 0 Å². The zero-order valence-electron chi connectivity index (χ0n) is 18.0. The molecular weight excluding hydrogens is 416 g/mol. The van der Waals surface area contributed by atoms with Crippen LogP contribution in [0, 0.1) is 0 Å². The third kappa shape index (κ3) is 3.55. The predicted octanol–water partition coefficient (Wildman–Crippen LogP) is 4.80. The number of fused-ring (bicyclic) bond motifs is 1. The van der Waals surface area contributed by atoms with Crippen molar-refractivity contribution in [1.82, 2.24) is 9.88 Å². The fourth-order valence-corrected chi connectivity index (χ4v) is 4.37. The largest absolute Gasteiger partial charge is 0.507 e. The summed E-state index contributed by atoms with van der Waals surface area (Å²) in [6.45, 7) is 0.221. The summed E-state index contributed by atoms with van der Waals surface area (Å²) in [5, 5.41) is 12.1. The number of aliphatic hydroxyl groups excluding tert-OH is 1. The van der Waals surface area contributed by atoms with Crippen LogP contribution < -0.4 is 4.74 Å². The molecular formula is C27H22N2O4. The molecule has 2 heterocycles. The monoisotopic (exact) mass is 438 g/mol. The number of Topliss-reactive ketones (excluding diaryl/α,β-unsaturated/α-hetero) is 1. The number of aliphatic hydroxyl groups is 1. The van der Waals surface area contributed by atoms with Gasteiger partial charge in [0.15, 0.2) is 0 Å². The lowest BCUT2D eigenvalue weighted by Crippen LogP contribution is -2.29. The first-order valence-corrected chi connectivity index (χ1v) is 10.6. The molecule has 33 heavy (non-hydrogen) atoms. The molecule has 3 aromatic carbocycles. The van der Waals surface area contributed by atoms with Crippen LogP contribution in [-0.4, -0.2) is 33.8 Å². The number of benzene rings is 3. The number of rotatable bonds is 5. The van der Waals surface area contributed by atoms with Gasteiger partial charge in [0.2, 0.25) is 0 Å². The Morgan fingerprint density at radius 1 is 0.970 bits per heavy atom. The Labute approximate surface area is 190 Å². The molecule has 1 aromatic heterocycles. The average molecular weight is 438 g/mol. The van der Waals surface area contributed by atoms with E-state index in [0.717, 1.165) is 22.0 Å². The highest BCUT2D eigenvalue weighted by Gasteiger charge is 2.46. The summed E-state index contributed by atoms with van der Waals surface area (Å²) < 4.78 is 5.21. The highest BCUT2D eigenvalue weighted by atomic mass is 16.5. The predicted molar refractivity (Wildman–Crippen MR) is 126 cm³/mol. The molecule has 0 spiro atoms. The molecule has 4 aromatic rings. The van der Waals surface area contributed by atoms with Gasteiger partial charge >= 0.3 is 0 Å². The number of ketones is 1. The van der Waals surface area contributed by atoms with E-state index < -0.39 is 17.7 Å². The lowest BCUT2D eigenvalue weighted by Gasteiger charge is -2.25. The Bertz CT molecular complexity index is 1370. The maximum absolute atomic E-state index is 13.2. The molecule has 1 aliphatic rings. The van der Waals surface area contributed by atoms with Gasteiger partial charge in [0.1, 0.15) is 11.5 Å². The fourth-order valence-electron chi connectivity index (χ4n) is 4.37. The van der Waals surface area contributed by atoms with Gasteiger partial charge in [-0.25, -0.2) is 0 Å². The van der Waals surface area contributed by atoms with Gasteiger partial charge in [0.25, 0.3) is 11.7 Å². The lowest BCUT2D eigenvalue weighted by atomic mass is 9.95. The number of carbonyl (C=O) groups is 2. The van der Waals surface area contributed by atoms with Crippen LogP contribution in [0.3, 0.4) is 0 Å². The highest BCUT2D eigenvalue weighted by molar-refractivity contribution is 6.46. The standard InChI is InChI=1S/C27H22N2O4/c1-33-19-13-11-17(12-14-19)16-29-24(18-7-3-2-4-8-18)23(26(31)27(29)32)25(30)21-15-28-22-10-6-5-9-20(21)22/h2-15,24,28,30H,16H2,1H3/b25-23-. The topological polar surface area (TPSA) is 82.6 Å². The van der Waals surface area contributed by atoms with Crippen molar-refractivity contribution in [3.05, 3.63) is 107 Å². The number of likely N-dealkylation sites (tertiary alicyclic amines) is 1. The Kier molecular flexibility index (Phi) is 5.18. The molecule has 5 rings (SSSR count). The molecule has 1 amide bonds. The van der Waals surface area contributed by atoms with Crippen LogP contribution >= 0.6 is 0 Å². The first-order valence-electron chi connectivity index (χ1n) is 10.6. The van der Waals surface area contributed by atoms with Crippen molar-refractivity contribution < 1.29 is 19.4 Å². The third-order valence-electron chi connectivity index (χ3n) is 6.01. The zero-order valence-corrected chi connectivity index (χ0v) is 18.0. The first kappa shape index (κ1) is 20.6. The summed E-state index contributed by atoms with van der Waals surface area (Å²) in [4.78, 5) is 31.0. The summed E-state index contributed by atoms with van der Waals surface area (Å²) in [6.07, 6.45) is 1.67. The van der Waals surface area contributed by atoms with Crippen molar-refractivity contribution in [2.45, 2.75) is 12.6 Å². The van der Waals surface area contributed by atoms with Crippen LogP contribution in [0.5, 0.6) is 5.75 Å². The zero-order chi connectivity index (χ0) is 22.9. The van der Waals surface area contributed by atoms with Crippen LogP contribution in [0.25, 0.3) is 16.7 Å². The van der Waals surface area contributed by atoms with E-state index in [0.29, 0.717) is 11.3 Å². The summed E-state index contributed by atoms with van der Waals surface area (Å²) in [7, 11) is 1.59. The maximum Gasteiger partial charge on any atom is 0.295 e. The van der Waals surface area contributed by atoms with Crippen molar-refractivity contribution in [3.8, 4) is 5.75 Å². The molecule has 6 heteroatoms. The van der Waals surface area contributed by atoms with Crippen molar-refractivity contribution >= 4 is 28.4 Å². The van der Waals surface area contributed by atoms with E-state index in [1.165, 1.54) is 4.90 Å². The summed E-state index contributed by atoms with van der Waals surface area (Å²) in [5.74, 6) is -0.808. The number of H-pyrrole nitrogens is 1. The molecule has 1 saturated heterocycles. The number of hydrogen-bond donors (Lipinski definition) is 2. The number of aromatic nitrogens is 1. The van der Waals surface area contributed by atoms with Gasteiger partial charge in [-0.3, -0.25) is 9.59 Å². The molecule has 0 radical (unpaired) electrons. The number of hydrogen-bond acceptors (Lipinski definition) is 4. The van der Waals surface area contributed by atoms with Gasteiger partial charge in [-0.1, -0.05) is 60.7 Å². The van der Waals surface area contributed by atoms with Crippen LogP contribution in [0.1, 0.15) is 22.7 Å². The molecule has 1 atom stereocenters. The van der Waals surface area contributed by atoms with E-state index in [2.05, 4.69) is 4.98 Å². The second kappa shape index (κ2) is 8.31. The van der Waals surface area contributed by atoms with E-state index in [1.54, 1.807) is 13.3 Å². The van der Waals surface area contributed by atoms with Gasteiger partial charge in [-0.05, 0) is 29.3 Å². The number of nitrogens with one attached hydrogen (secondary N) is 1. The minimum absolute atomic E-state index is 0.0875. The fraction of sp³-hybridized carbons (Fsp3) is 0.111. The second-order valence-electron chi connectivity index (χ2n) is 7.93. The Balaban J connectivity index is 1.64. The number of aromatic amines is 1. The maximum atomic E-state index is 13.2. The van der Waals surface area contributed by atoms with Crippen LogP contribution in [0.4, 0.5) is 0 Å². The van der Waals surface area contributed by atoms with Crippen LogP contribution in [0.2, 0.25) is 0 Å². The lowest BCUT2D eigenvalue weighted by molar-refractivity contribution is -0.140. The summed E-state index contributed by atoms with van der Waals surface area (Å²) in [6, 6.07) is 23.5. The van der Waals surface area contributed by atoms with Crippen molar-refractivity contribution in [2.24, 2.45) is 0 Å². The molecule has 164 valence electrons. The Hall–Kier alpha value is -4.32. The van der Waals surface area contributed by atoms with Gasteiger partial charge in [0, 0.05) is 29.2 Å². The Morgan fingerprint density at radius 2 is 1.67 bits per heavy atom. The van der Waals surface area contributed by atoms with Crippen molar-refractivity contribution in [2.75, 3.05) is 7.11 Å². The molecule has 1 unspecified atom stereocenters. The molecule has 2 N–H and O–H groups in total. The SMILES string of the molecule is COc1ccc(CN2C(=O)C(=O)/C(=C(\O)c3c[nH]c4ccccc34)C2c2ccccc2)cc1. The number of methoxy groups -OCH3 is 1. The number of ether oxygens (including phenoxy) is 1. The third-order valence-corrected chi connectivity index (χ3v) is 6.01. The average Bonchev–Trinajstić information content (AvgIpc) is 3.39. The van der Waals surface area contributed by atoms with E-state index in [9.17, 15) is 14.7 Å². The first-order chi connectivity index (χ1) is 16.1. The van der Waals surface area contributed by atoms with Crippen molar-refractivity contribution in [1.29, 1.82) is 0 Å².